The molecule has 0 aliphatic carbocycles. The molecule has 1 aromatic rings. The Morgan fingerprint density at radius 2 is 2.41 bits per heavy atom. The molecule has 90 valence electrons. The van der Waals surface area contributed by atoms with E-state index in [0.29, 0.717) is 11.5 Å². The van der Waals surface area contributed by atoms with Crippen molar-refractivity contribution in [3.8, 4) is 6.07 Å². The van der Waals surface area contributed by atoms with Crippen LogP contribution in [0.5, 0.6) is 0 Å². The summed E-state index contributed by atoms with van der Waals surface area (Å²) in [6, 6.07) is 1.19. The Morgan fingerprint density at radius 1 is 1.65 bits per heavy atom. The van der Waals surface area contributed by atoms with E-state index in [1.807, 2.05) is 10.6 Å². The van der Waals surface area contributed by atoms with Crippen LogP contribution in [0.25, 0.3) is 0 Å². The summed E-state index contributed by atoms with van der Waals surface area (Å²) in [5, 5.41) is 20.8. The Labute approximate surface area is 98.9 Å². The number of fused-ring (bicyclic) bond motifs is 1. The van der Waals surface area contributed by atoms with Crippen LogP contribution in [-0.2, 0) is 17.8 Å². The van der Waals surface area contributed by atoms with Crippen LogP contribution in [0, 0.1) is 11.3 Å². The van der Waals surface area contributed by atoms with Gasteiger partial charge in [-0.1, -0.05) is 0 Å². The third kappa shape index (κ3) is 1.89. The second-order valence-electron chi connectivity index (χ2n) is 4.05. The first-order valence-electron chi connectivity index (χ1n) is 5.58. The first-order chi connectivity index (χ1) is 8.19. The molecule has 6 heteroatoms. The third-order valence-corrected chi connectivity index (χ3v) is 3.05. The monoisotopic (exact) mass is 234 g/mol. The van der Waals surface area contributed by atoms with Gasteiger partial charge in [-0.3, -0.25) is 4.79 Å². The van der Waals surface area contributed by atoms with Gasteiger partial charge in [-0.2, -0.15) is 5.26 Å². The molecule has 1 aliphatic rings. The molecule has 1 atom stereocenters. The molecular formula is C11H14N4O2. The molecule has 2 N–H and O–H groups in total. The molecule has 1 aliphatic heterocycles. The Hall–Kier alpha value is -1.87. The largest absolute Gasteiger partial charge is 0.480 e. The van der Waals surface area contributed by atoms with E-state index in [0.717, 1.165) is 31.5 Å². The van der Waals surface area contributed by atoms with Crippen molar-refractivity contribution in [1.82, 2.24) is 14.9 Å². The number of hydrogen-bond acceptors (Lipinski definition) is 4. The van der Waals surface area contributed by atoms with Crippen LogP contribution in [0.4, 0.5) is 0 Å². The van der Waals surface area contributed by atoms with Gasteiger partial charge in [-0.05, 0) is 26.3 Å². The number of carboxylic acid groups (broad SMARTS) is 1. The predicted molar refractivity (Wildman–Crippen MR) is 59.3 cm³/mol. The first-order valence-corrected chi connectivity index (χ1v) is 5.58. The Kier molecular flexibility index (Phi) is 3.11. The number of nitrogens with zero attached hydrogens (tertiary/aromatic N) is 3. The van der Waals surface area contributed by atoms with E-state index in [9.17, 15) is 4.79 Å². The summed E-state index contributed by atoms with van der Waals surface area (Å²) in [5.41, 5.74) is 1.23. The second-order valence-corrected chi connectivity index (χ2v) is 4.05. The number of hydrogen-bond donors (Lipinski definition) is 2. The third-order valence-electron chi connectivity index (χ3n) is 3.05. The number of nitriles is 1. The number of carboxylic acids is 1. The molecule has 0 radical (unpaired) electrons. The van der Waals surface area contributed by atoms with Crippen molar-refractivity contribution < 1.29 is 9.90 Å². The minimum atomic E-state index is -0.977. The molecule has 1 unspecified atom stereocenters. The van der Waals surface area contributed by atoms with Gasteiger partial charge < -0.3 is 15.0 Å². The van der Waals surface area contributed by atoms with Gasteiger partial charge in [0.2, 0.25) is 0 Å². The normalized spacial score (nSPS) is 16.0. The zero-order valence-corrected chi connectivity index (χ0v) is 9.60. The smallest absolute Gasteiger partial charge is 0.328 e. The van der Waals surface area contributed by atoms with Crippen molar-refractivity contribution >= 4 is 5.97 Å². The minimum absolute atomic E-state index is 0.362. The topological polar surface area (TPSA) is 90.9 Å². The van der Waals surface area contributed by atoms with E-state index in [-0.39, 0.29) is 0 Å². The summed E-state index contributed by atoms with van der Waals surface area (Å²) in [7, 11) is 1.58. The van der Waals surface area contributed by atoms with E-state index in [4.69, 9.17) is 10.4 Å². The fraction of sp³-hybridized carbons (Fsp3) is 0.545. The lowest BCUT2D eigenvalue weighted by Crippen LogP contribution is -2.29. The second kappa shape index (κ2) is 4.55. The van der Waals surface area contributed by atoms with E-state index in [1.165, 1.54) is 0 Å². The van der Waals surface area contributed by atoms with Gasteiger partial charge in [0, 0.05) is 6.54 Å². The maximum Gasteiger partial charge on any atom is 0.328 e. The minimum Gasteiger partial charge on any atom is -0.480 e. The van der Waals surface area contributed by atoms with Crippen molar-refractivity contribution in [1.29, 1.82) is 5.26 Å². The number of rotatable bonds is 3. The summed E-state index contributed by atoms with van der Waals surface area (Å²) >= 11 is 0. The Bertz CT molecular complexity index is 486. The number of aliphatic carboxylic acids is 1. The number of aromatic nitrogens is 2. The molecule has 0 aromatic carbocycles. The van der Waals surface area contributed by atoms with E-state index >= 15 is 0 Å². The molecule has 1 aromatic heterocycles. The maximum atomic E-state index is 11.1. The molecule has 0 saturated carbocycles. The van der Waals surface area contributed by atoms with Gasteiger partial charge in [-0.15, -0.1) is 0 Å². The number of imidazole rings is 1. The van der Waals surface area contributed by atoms with Gasteiger partial charge in [0.25, 0.3) is 0 Å². The molecule has 0 amide bonds. The molecule has 0 fully saturated rings. The summed E-state index contributed by atoms with van der Waals surface area (Å²) in [6.07, 6.45) is 2.82. The van der Waals surface area contributed by atoms with Gasteiger partial charge in [0.1, 0.15) is 11.9 Å². The van der Waals surface area contributed by atoms with E-state index < -0.39 is 12.0 Å². The quantitative estimate of drug-likeness (QED) is 0.791. The lowest BCUT2D eigenvalue weighted by molar-refractivity contribution is -0.139. The molecule has 2 heterocycles. The zero-order valence-electron chi connectivity index (χ0n) is 9.60. The lowest BCUT2D eigenvalue weighted by Gasteiger charge is -2.19. The SMILES string of the molecule is CNC(C(=O)O)c1nc(C#N)c2n1CCCC2. The first kappa shape index (κ1) is 11.6. The van der Waals surface area contributed by atoms with Gasteiger partial charge in [0.15, 0.2) is 11.7 Å². The number of nitrogens with one attached hydrogen (secondary N) is 1. The van der Waals surface area contributed by atoms with Crippen LogP contribution < -0.4 is 5.32 Å². The van der Waals surface area contributed by atoms with Gasteiger partial charge in [0.05, 0.1) is 5.69 Å². The van der Waals surface area contributed by atoms with Crippen LogP contribution >= 0.6 is 0 Å². The van der Waals surface area contributed by atoms with Crippen molar-refractivity contribution in [2.75, 3.05) is 7.05 Å². The summed E-state index contributed by atoms with van der Waals surface area (Å²) < 4.78 is 1.87. The molecule has 0 spiro atoms. The number of likely N-dealkylation sites (N-methyl/N-ethyl adjacent to an activating group) is 1. The van der Waals surface area contributed by atoms with Crippen LogP contribution in [0.15, 0.2) is 0 Å². The highest BCUT2D eigenvalue weighted by atomic mass is 16.4. The Balaban J connectivity index is 2.51. The molecule has 2 rings (SSSR count). The van der Waals surface area contributed by atoms with Crippen molar-refractivity contribution in [2.24, 2.45) is 0 Å². The van der Waals surface area contributed by atoms with E-state index in [1.54, 1.807) is 7.05 Å². The zero-order chi connectivity index (χ0) is 12.4. The highest BCUT2D eigenvalue weighted by Crippen LogP contribution is 2.24. The fourth-order valence-corrected chi connectivity index (χ4v) is 2.24. The average molecular weight is 234 g/mol. The van der Waals surface area contributed by atoms with Crippen molar-refractivity contribution in [3.63, 3.8) is 0 Å². The molecule has 0 saturated heterocycles. The molecule has 0 bridgehead atoms. The predicted octanol–water partition coefficient (Wildman–Crippen LogP) is 0.436. The molecular weight excluding hydrogens is 220 g/mol. The summed E-state index contributed by atoms with van der Waals surface area (Å²) in [5.74, 6) is -0.540. The van der Waals surface area contributed by atoms with Crippen molar-refractivity contribution in [2.45, 2.75) is 31.8 Å². The summed E-state index contributed by atoms with van der Waals surface area (Å²) in [4.78, 5) is 15.3. The number of carbonyl (C=O) groups is 1. The molecule has 6 nitrogen and oxygen atoms in total. The molecule has 17 heavy (non-hydrogen) atoms. The summed E-state index contributed by atoms with van der Waals surface area (Å²) in [6.45, 7) is 0.741. The van der Waals surface area contributed by atoms with Crippen LogP contribution in [0.2, 0.25) is 0 Å². The average Bonchev–Trinajstić information content (AvgIpc) is 2.69. The van der Waals surface area contributed by atoms with E-state index in [2.05, 4.69) is 10.3 Å². The highest BCUT2D eigenvalue weighted by molar-refractivity contribution is 5.74. The van der Waals surface area contributed by atoms with Crippen LogP contribution in [0.1, 0.15) is 36.1 Å². The van der Waals surface area contributed by atoms with Crippen LogP contribution in [-0.4, -0.2) is 27.7 Å². The van der Waals surface area contributed by atoms with Crippen LogP contribution in [0.3, 0.4) is 0 Å². The highest BCUT2D eigenvalue weighted by Gasteiger charge is 2.28. The maximum absolute atomic E-state index is 11.1. The van der Waals surface area contributed by atoms with Crippen molar-refractivity contribution in [3.05, 3.63) is 17.2 Å². The lowest BCUT2D eigenvalue weighted by atomic mass is 10.1. The Morgan fingerprint density at radius 3 is 3.00 bits per heavy atom. The standard InChI is InChI=1S/C11H14N4O2/c1-13-9(11(16)17)10-14-7(6-12)8-4-2-3-5-15(8)10/h9,13H,2-5H2,1H3,(H,16,17). The van der Waals surface area contributed by atoms with Gasteiger partial charge in [-0.25, -0.2) is 4.98 Å². The fourth-order valence-electron chi connectivity index (χ4n) is 2.24. The van der Waals surface area contributed by atoms with Gasteiger partial charge >= 0.3 is 5.97 Å².